The minimum Gasteiger partial charge on any atom is -0.496 e. The molecule has 0 saturated carbocycles. The van der Waals surface area contributed by atoms with E-state index in [0.29, 0.717) is 17.1 Å². The first-order valence-corrected chi connectivity index (χ1v) is 9.67. The molecule has 0 saturated heterocycles. The zero-order chi connectivity index (χ0) is 20.6. The van der Waals surface area contributed by atoms with Crippen molar-refractivity contribution in [3.63, 3.8) is 0 Å². The Bertz CT molecular complexity index is 936. The van der Waals surface area contributed by atoms with E-state index in [4.69, 9.17) is 4.74 Å². The van der Waals surface area contributed by atoms with Crippen LogP contribution >= 0.6 is 0 Å². The maximum atomic E-state index is 12.5. The fraction of sp³-hybridized carbons (Fsp3) is 0.217. The Kier molecular flexibility index (Phi) is 6.68. The molecule has 0 aliphatic carbocycles. The number of amides is 1. The average Bonchev–Trinajstić information content (AvgIpc) is 2.77. The maximum Gasteiger partial charge on any atom is 0.260 e. The maximum absolute atomic E-state index is 12.5. The third kappa shape index (κ3) is 5.04. The highest BCUT2D eigenvalue weighted by Gasteiger charge is 2.12. The Labute approximate surface area is 171 Å². The molecule has 6 heteroatoms. The zero-order valence-electron chi connectivity index (χ0n) is 17.0. The van der Waals surface area contributed by atoms with Crippen LogP contribution in [0.4, 0.5) is 22.9 Å². The van der Waals surface area contributed by atoms with Gasteiger partial charge < -0.3 is 20.3 Å². The van der Waals surface area contributed by atoms with Crippen LogP contribution < -0.4 is 20.3 Å². The monoisotopic (exact) mass is 390 g/mol. The molecule has 0 aliphatic rings. The molecule has 0 bridgehead atoms. The first kappa shape index (κ1) is 20.2. The Morgan fingerprint density at radius 3 is 2.28 bits per heavy atom. The van der Waals surface area contributed by atoms with Gasteiger partial charge in [0.05, 0.1) is 24.6 Å². The van der Waals surface area contributed by atoms with Crippen molar-refractivity contribution in [3.8, 4) is 5.75 Å². The van der Waals surface area contributed by atoms with Crippen LogP contribution in [0.15, 0.2) is 66.9 Å². The molecule has 0 radical (unpaired) electrons. The number of rotatable bonds is 8. The molecule has 0 fully saturated rings. The molecule has 150 valence electrons. The van der Waals surface area contributed by atoms with E-state index in [1.54, 1.807) is 37.6 Å². The summed E-state index contributed by atoms with van der Waals surface area (Å²) in [4.78, 5) is 19.1. The van der Waals surface area contributed by atoms with Crippen LogP contribution in [0, 0.1) is 0 Å². The molecule has 0 unspecified atom stereocenters. The number of nitrogens with zero attached hydrogens (tertiary/aromatic N) is 2. The van der Waals surface area contributed by atoms with Crippen LogP contribution in [-0.4, -0.2) is 31.1 Å². The number of benzene rings is 2. The number of hydrogen-bond donors (Lipinski definition) is 2. The molecule has 0 spiro atoms. The lowest BCUT2D eigenvalue weighted by Crippen LogP contribution is -2.21. The van der Waals surface area contributed by atoms with Gasteiger partial charge in [-0.3, -0.25) is 4.79 Å². The van der Waals surface area contributed by atoms with Crippen molar-refractivity contribution >= 4 is 28.8 Å². The molecule has 1 aromatic heterocycles. The predicted molar refractivity (Wildman–Crippen MR) is 118 cm³/mol. The van der Waals surface area contributed by atoms with E-state index in [9.17, 15) is 4.79 Å². The number of nitrogens with one attached hydrogen (secondary N) is 2. The summed E-state index contributed by atoms with van der Waals surface area (Å²) in [6.07, 6.45) is 1.69. The molecule has 1 amide bonds. The highest BCUT2D eigenvalue weighted by Crippen LogP contribution is 2.22. The van der Waals surface area contributed by atoms with E-state index in [1.807, 2.05) is 24.3 Å². The van der Waals surface area contributed by atoms with Crippen molar-refractivity contribution in [2.45, 2.75) is 13.8 Å². The number of aromatic nitrogens is 1. The second kappa shape index (κ2) is 9.59. The lowest BCUT2D eigenvalue weighted by molar-refractivity contribution is 0.102. The molecular weight excluding hydrogens is 364 g/mol. The number of methoxy groups -OCH3 is 1. The smallest absolute Gasteiger partial charge is 0.260 e. The van der Waals surface area contributed by atoms with Gasteiger partial charge in [0.15, 0.2) is 0 Å². The Hall–Kier alpha value is -3.54. The van der Waals surface area contributed by atoms with Crippen LogP contribution in [0.25, 0.3) is 0 Å². The normalized spacial score (nSPS) is 10.3. The van der Waals surface area contributed by atoms with Crippen molar-refractivity contribution in [3.05, 3.63) is 72.4 Å². The first-order valence-electron chi connectivity index (χ1n) is 9.67. The first-order chi connectivity index (χ1) is 14.1. The second-order valence-electron chi connectivity index (χ2n) is 6.43. The van der Waals surface area contributed by atoms with E-state index in [-0.39, 0.29) is 5.91 Å². The topological polar surface area (TPSA) is 66.5 Å². The summed E-state index contributed by atoms with van der Waals surface area (Å²) in [6.45, 7) is 6.26. The summed E-state index contributed by atoms with van der Waals surface area (Å²) >= 11 is 0. The number of ether oxygens (including phenoxy) is 1. The molecule has 29 heavy (non-hydrogen) atoms. The largest absolute Gasteiger partial charge is 0.496 e. The standard InChI is InChI=1S/C23H26N4O2/c1-4-27(5-2)19-13-10-17(11-14-19)25-18-12-15-22(24-16-18)26-23(28)20-8-6-7-9-21(20)29-3/h6-16,25H,4-5H2,1-3H3,(H,24,26,28). The number of carbonyl (C=O) groups excluding carboxylic acids is 1. The van der Waals surface area contributed by atoms with Crippen molar-refractivity contribution < 1.29 is 9.53 Å². The van der Waals surface area contributed by atoms with Crippen LogP contribution in [0.5, 0.6) is 5.75 Å². The summed E-state index contributed by atoms with van der Waals surface area (Å²) in [5, 5.41) is 6.12. The van der Waals surface area contributed by atoms with Crippen molar-refractivity contribution in [1.29, 1.82) is 0 Å². The van der Waals surface area contributed by atoms with Gasteiger partial charge >= 0.3 is 0 Å². The van der Waals surface area contributed by atoms with Gasteiger partial charge in [-0.15, -0.1) is 0 Å². The molecule has 2 aromatic carbocycles. The molecule has 3 aromatic rings. The quantitative estimate of drug-likeness (QED) is 0.571. The highest BCUT2D eigenvalue weighted by molar-refractivity contribution is 6.05. The Morgan fingerprint density at radius 2 is 1.66 bits per heavy atom. The minimum absolute atomic E-state index is 0.261. The number of carbonyl (C=O) groups is 1. The van der Waals surface area contributed by atoms with Crippen molar-refractivity contribution in [2.24, 2.45) is 0 Å². The van der Waals surface area contributed by atoms with Gasteiger partial charge in [0, 0.05) is 24.5 Å². The molecule has 2 N–H and O–H groups in total. The molecule has 0 aliphatic heterocycles. The van der Waals surface area contributed by atoms with E-state index >= 15 is 0 Å². The van der Waals surface area contributed by atoms with Crippen molar-refractivity contribution in [2.75, 3.05) is 35.7 Å². The fourth-order valence-electron chi connectivity index (χ4n) is 3.07. The third-order valence-electron chi connectivity index (χ3n) is 4.64. The summed E-state index contributed by atoms with van der Waals surface area (Å²) in [7, 11) is 1.54. The van der Waals surface area contributed by atoms with Gasteiger partial charge in [-0.2, -0.15) is 0 Å². The number of para-hydroxylation sites is 1. The molecule has 1 heterocycles. The summed E-state index contributed by atoms with van der Waals surface area (Å²) in [5.74, 6) is 0.738. The van der Waals surface area contributed by atoms with Gasteiger partial charge in [-0.05, 0) is 62.4 Å². The highest BCUT2D eigenvalue weighted by atomic mass is 16.5. The SMILES string of the molecule is CCN(CC)c1ccc(Nc2ccc(NC(=O)c3ccccc3OC)nc2)cc1. The van der Waals surface area contributed by atoms with Gasteiger partial charge in [0.25, 0.3) is 5.91 Å². The number of anilines is 4. The lowest BCUT2D eigenvalue weighted by Gasteiger charge is -2.21. The van der Waals surface area contributed by atoms with Gasteiger partial charge in [-0.1, -0.05) is 12.1 Å². The summed E-state index contributed by atoms with van der Waals surface area (Å²) in [5.41, 5.74) is 3.49. The van der Waals surface area contributed by atoms with E-state index in [1.165, 1.54) is 5.69 Å². The molecule has 6 nitrogen and oxygen atoms in total. The van der Waals surface area contributed by atoms with Gasteiger partial charge in [-0.25, -0.2) is 4.98 Å². The van der Waals surface area contributed by atoms with E-state index in [2.05, 4.69) is 46.5 Å². The van der Waals surface area contributed by atoms with E-state index in [0.717, 1.165) is 24.5 Å². The number of hydrogen-bond acceptors (Lipinski definition) is 5. The Morgan fingerprint density at radius 1 is 0.966 bits per heavy atom. The average molecular weight is 390 g/mol. The molecule has 0 atom stereocenters. The van der Waals surface area contributed by atoms with E-state index < -0.39 is 0 Å². The summed E-state index contributed by atoms with van der Waals surface area (Å²) in [6, 6.07) is 19.0. The second-order valence-corrected chi connectivity index (χ2v) is 6.43. The van der Waals surface area contributed by atoms with Gasteiger partial charge in [0.2, 0.25) is 0 Å². The lowest BCUT2D eigenvalue weighted by atomic mass is 10.2. The Balaban J connectivity index is 1.63. The van der Waals surface area contributed by atoms with Crippen LogP contribution in [0.1, 0.15) is 24.2 Å². The molecular formula is C23H26N4O2. The van der Waals surface area contributed by atoms with Crippen LogP contribution in [0.2, 0.25) is 0 Å². The minimum atomic E-state index is -0.261. The summed E-state index contributed by atoms with van der Waals surface area (Å²) < 4.78 is 5.23. The van der Waals surface area contributed by atoms with Crippen LogP contribution in [0.3, 0.4) is 0 Å². The zero-order valence-corrected chi connectivity index (χ0v) is 17.0. The van der Waals surface area contributed by atoms with Gasteiger partial charge in [0.1, 0.15) is 11.6 Å². The van der Waals surface area contributed by atoms with Crippen molar-refractivity contribution in [1.82, 2.24) is 4.98 Å². The third-order valence-corrected chi connectivity index (χ3v) is 4.64. The predicted octanol–water partition coefficient (Wildman–Crippen LogP) is 4.93. The number of pyridine rings is 1. The van der Waals surface area contributed by atoms with Crippen LogP contribution in [-0.2, 0) is 0 Å². The fourth-order valence-corrected chi connectivity index (χ4v) is 3.07. The molecule has 3 rings (SSSR count).